The molecule has 3 aromatic carbocycles. The lowest BCUT2D eigenvalue weighted by Gasteiger charge is -2.08. The fraction of sp³-hybridized carbons (Fsp3) is 0.0400. The molecule has 3 N–H and O–H groups in total. The van der Waals surface area contributed by atoms with Gasteiger partial charge >= 0.3 is 6.03 Å². The van der Waals surface area contributed by atoms with Crippen LogP contribution in [0.2, 0.25) is 5.02 Å². The number of imide groups is 1. The number of hydrogen-bond donors (Lipinski definition) is 3. The molecule has 8 nitrogen and oxygen atoms in total. The van der Waals surface area contributed by atoms with Crippen molar-refractivity contribution in [3.05, 3.63) is 94.5 Å². The van der Waals surface area contributed by atoms with Gasteiger partial charge in [-0.2, -0.15) is 0 Å². The normalized spacial score (nSPS) is 10.6. The Kier molecular flexibility index (Phi) is 6.16. The minimum atomic E-state index is -0.961. The van der Waals surface area contributed by atoms with Gasteiger partial charge in [-0.3, -0.25) is 19.7 Å². The number of nitrogens with one attached hydrogen (secondary N) is 2. The van der Waals surface area contributed by atoms with Crippen LogP contribution in [0, 0.1) is 0 Å². The summed E-state index contributed by atoms with van der Waals surface area (Å²) in [4.78, 5) is 50.4. The highest BCUT2D eigenvalue weighted by molar-refractivity contribution is 6.30. The third-order valence-electron chi connectivity index (χ3n) is 5.14. The van der Waals surface area contributed by atoms with Gasteiger partial charge in [0, 0.05) is 27.2 Å². The molecule has 0 bridgehead atoms. The molecule has 0 saturated carbocycles. The Morgan fingerprint density at radius 3 is 2.18 bits per heavy atom. The molecule has 3 amide bonds. The third-order valence-corrected chi connectivity index (χ3v) is 5.39. The molecule has 4 aromatic rings. The Morgan fingerprint density at radius 2 is 1.53 bits per heavy atom. The van der Waals surface area contributed by atoms with Crippen molar-refractivity contribution < 1.29 is 24.3 Å². The highest BCUT2D eigenvalue weighted by atomic mass is 35.5. The molecule has 0 aliphatic rings. The lowest BCUT2D eigenvalue weighted by molar-refractivity contribution is 0.0962. The van der Waals surface area contributed by atoms with Crippen LogP contribution in [0.15, 0.2) is 72.8 Å². The van der Waals surface area contributed by atoms with Gasteiger partial charge in [0.25, 0.3) is 11.8 Å². The highest BCUT2D eigenvalue weighted by Gasteiger charge is 2.27. The number of halogens is 1. The van der Waals surface area contributed by atoms with Crippen molar-refractivity contribution in [3.63, 3.8) is 0 Å². The number of amides is 3. The zero-order chi connectivity index (χ0) is 24.4. The van der Waals surface area contributed by atoms with Crippen LogP contribution in [-0.2, 0) is 0 Å². The van der Waals surface area contributed by atoms with E-state index in [0.29, 0.717) is 10.7 Å². The largest absolute Gasteiger partial charge is 0.494 e. The number of carbonyl (C=O) groups excluding carboxylic acids is 4. The number of anilines is 1. The van der Waals surface area contributed by atoms with Gasteiger partial charge in [0.1, 0.15) is 5.56 Å². The summed E-state index contributed by atoms with van der Waals surface area (Å²) < 4.78 is 0.816. The van der Waals surface area contributed by atoms with E-state index >= 15 is 0 Å². The van der Waals surface area contributed by atoms with E-state index in [2.05, 4.69) is 10.6 Å². The SMILES string of the molecule is CC(=O)c1ccc2c(c1)c(C(=O)Nc1ccc(Cl)cc1)c(O)n2C(=O)NC(=O)c1ccccc1. The molecular weight excluding hydrogens is 458 g/mol. The molecule has 0 unspecified atom stereocenters. The topological polar surface area (TPSA) is 118 Å². The summed E-state index contributed by atoms with van der Waals surface area (Å²) in [7, 11) is 0. The summed E-state index contributed by atoms with van der Waals surface area (Å²) in [5, 5.41) is 16.4. The lowest BCUT2D eigenvalue weighted by Crippen LogP contribution is -2.34. The lowest BCUT2D eigenvalue weighted by atomic mass is 10.1. The Hall–Kier alpha value is -4.43. The van der Waals surface area contributed by atoms with Crippen molar-refractivity contribution in [2.45, 2.75) is 6.92 Å². The molecule has 0 fully saturated rings. The molecule has 0 saturated heterocycles. The minimum Gasteiger partial charge on any atom is -0.494 e. The quantitative estimate of drug-likeness (QED) is 0.364. The first kappa shape index (κ1) is 22.8. The number of ketones is 1. The van der Waals surface area contributed by atoms with E-state index in [4.69, 9.17) is 11.6 Å². The van der Waals surface area contributed by atoms with Gasteiger partial charge in [-0.15, -0.1) is 0 Å². The van der Waals surface area contributed by atoms with Crippen molar-refractivity contribution in [1.82, 2.24) is 9.88 Å². The van der Waals surface area contributed by atoms with Crippen LogP contribution in [0.5, 0.6) is 5.88 Å². The summed E-state index contributed by atoms with van der Waals surface area (Å²) in [5.41, 5.74) is 0.843. The number of rotatable bonds is 4. The van der Waals surface area contributed by atoms with Crippen LogP contribution in [0.25, 0.3) is 10.9 Å². The molecule has 0 atom stereocenters. The molecule has 1 heterocycles. The first-order chi connectivity index (χ1) is 16.3. The van der Waals surface area contributed by atoms with Crippen molar-refractivity contribution in [2.75, 3.05) is 5.32 Å². The summed E-state index contributed by atoms with van der Waals surface area (Å²) >= 11 is 5.88. The van der Waals surface area contributed by atoms with Gasteiger partial charge in [0.05, 0.1) is 5.52 Å². The summed E-state index contributed by atoms with van der Waals surface area (Å²) in [6.45, 7) is 1.36. The number of Topliss-reactive ketones (excluding diaryl/α,β-unsaturated/α-hetero) is 1. The molecule has 9 heteroatoms. The zero-order valence-electron chi connectivity index (χ0n) is 17.8. The van der Waals surface area contributed by atoms with Crippen LogP contribution >= 0.6 is 11.6 Å². The van der Waals surface area contributed by atoms with Crippen LogP contribution in [0.4, 0.5) is 10.5 Å². The number of nitrogens with zero attached hydrogens (tertiary/aromatic N) is 1. The average molecular weight is 476 g/mol. The number of aromatic hydroxyl groups is 1. The smallest absolute Gasteiger partial charge is 0.335 e. The standard InChI is InChI=1S/C25H18ClN3O5/c1-14(30)16-7-12-20-19(13-16)21(23(32)27-18-10-8-17(26)9-11-18)24(33)29(20)25(34)28-22(31)15-5-3-2-4-6-15/h2-13,33H,1H3,(H,27,32)(H,28,31,34). The van der Waals surface area contributed by atoms with E-state index in [0.717, 1.165) is 4.57 Å². The Balaban J connectivity index is 1.78. The molecule has 34 heavy (non-hydrogen) atoms. The van der Waals surface area contributed by atoms with E-state index in [1.165, 1.54) is 37.3 Å². The monoisotopic (exact) mass is 475 g/mol. The first-order valence-electron chi connectivity index (χ1n) is 10.1. The fourth-order valence-corrected chi connectivity index (χ4v) is 3.59. The predicted octanol–water partition coefficient (Wildman–Crippen LogP) is 4.85. The van der Waals surface area contributed by atoms with Crippen LogP contribution in [0.3, 0.4) is 0 Å². The summed E-state index contributed by atoms with van der Waals surface area (Å²) in [5.74, 6) is -2.34. The van der Waals surface area contributed by atoms with E-state index in [-0.39, 0.29) is 33.4 Å². The van der Waals surface area contributed by atoms with Crippen molar-refractivity contribution in [2.24, 2.45) is 0 Å². The van der Waals surface area contributed by atoms with Crippen LogP contribution in [0.1, 0.15) is 38.0 Å². The molecule has 170 valence electrons. The second-order valence-electron chi connectivity index (χ2n) is 7.41. The van der Waals surface area contributed by atoms with Crippen molar-refractivity contribution in [1.29, 1.82) is 0 Å². The van der Waals surface area contributed by atoms with Gasteiger partial charge in [0.15, 0.2) is 5.78 Å². The molecule has 0 aliphatic carbocycles. The Bertz CT molecular complexity index is 1440. The van der Waals surface area contributed by atoms with Crippen molar-refractivity contribution in [3.8, 4) is 5.88 Å². The molecular formula is C25H18ClN3O5. The Morgan fingerprint density at radius 1 is 0.853 bits per heavy atom. The Labute approximate surface area is 198 Å². The van der Waals surface area contributed by atoms with Gasteiger partial charge < -0.3 is 10.4 Å². The minimum absolute atomic E-state index is 0.141. The second kappa shape index (κ2) is 9.21. The van der Waals surface area contributed by atoms with E-state index < -0.39 is 23.7 Å². The van der Waals surface area contributed by atoms with Gasteiger partial charge in [0.2, 0.25) is 5.88 Å². The summed E-state index contributed by atoms with van der Waals surface area (Å²) in [6, 6.07) is 17.7. The van der Waals surface area contributed by atoms with Crippen LogP contribution < -0.4 is 10.6 Å². The maximum absolute atomic E-state index is 13.1. The van der Waals surface area contributed by atoms with E-state index in [1.54, 1.807) is 42.5 Å². The fourth-order valence-electron chi connectivity index (χ4n) is 3.47. The highest BCUT2D eigenvalue weighted by Crippen LogP contribution is 2.33. The van der Waals surface area contributed by atoms with Crippen molar-refractivity contribution >= 4 is 51.8 Å². The first-order valence-corrected chi connectivity index (χ1v) is 10.5. The van der Waals surface area contributed by atoms with Gasteiger partial charge in [-0.05, 0) is 61.5 Å². The molecule has 0 aliphatic heterocycles. The number of carbonyl (C=O) groups is 4. The van der Waals surface area contributed by atoms with Gasteiger partial charge in [-0.1, -0.05) is 29.8 Å². The number of hydrogen-bond acceptors (Lipinski definition) is 5. The molecule has 1 aromatic heterocycles. The number of aromatic nitrogens is 1. The average Bonchev–Trinajstić information content (AvgIpc) is 3.12. The number of fused-ring (bicyclic) bond motifs is 1. The maximum atomic E-state index is 13.1. The number of benzene rings is 3. The maximum Gasteiger partial charge on any atom is 0.335 e. The summed E-state index contributed by atoms with van der Waals surface area (Å²) in [6.07, 6.45) is 0. The van der Waals surface area contributed by atoms with Crippen LogP contribution in [-0.4, -0.2) is 33.3 Å². The second-order valence-corrected chi connectivity index (χ2v) is 7.84. The zero-order valence-corrected chi connectivity index (χ0v) is 18.6. The van der Waals surface area contributed by atoms with E-state index in [1.807, 2.05) is 0 Å². The molecule has 0 spiro atoms. The predicted molar refractivity (Wildman–Crippen MR) is 128 cm³/mol. The molecule has 0 radical (unpaired) electrons. The van der Waals surface area contributed by atoms with Gasteiger partial charge in [-0.25, -0.2) is 9.36 Å². The third kappa shape index (κ3) is 4.39. The molecule has 4 rings (SSSR count). The van der Waals surface area contributed by atoms with E-state index in [9.17, 15) is 24.3 Å².